The van der Waals surface area contributed by atoms with Crippen LogP contribution in [0.4, 0.5) is 5.69 Å². The van der Waals surface area contributed by atoms with Crippen molar-refractivity contribution in [2.24, 2.45) is 5.92 Å². The Morgan fingerprint density at radius 3 is 2.79 bits per heavy atom. The molecule has 9 heteroatoms. The van der Waals surface area contributed by atoms with E-state index in [1.54, 1.807) is 31.2 Å². The number of esters is 1. The Kier molecular flexibility index (Phi) is 5.84. The molecule has 0 aliphatic carbocycles. The van der Waals surface area contributed by atoms with E-state index < -0.39 is 5.97 Å². The number of ether oxygens (including phenoxy) is 1. The number of amides is 1. The molecule has 0 bridgehead atoms. The Bertz CT molecular complexity index is 1090. The number of para-hydroxylation sites is 1. The average molecular weight is 400 g/mol. The molecule has 146 valence electrons. The van der Waals surface area contributed by atoms with Crippen LogP contribution < -0.4 is 10.9 Å². The zero-order chi connectivity index (χ0) is 20.3. The first-order valence-corrected chi connectivity index (χ1v) is 9.57. The van der Waals surface area contributed by atoms with Gasteiger partial charge in [0.15, 0.2) is 0 Å². The number of nitrogens with one attached hydrogen (secondary N) is 1. The molecule has 3 rings (SSSR count). The first-order valence-electron chi connectivity index (χ1n) is 8.76. The van der Waals surface area contributed by atoms with Gasteiger partial charge in [0, 0.05) is 12.5 Å². The van der Waals surface area contributed by atoms with Gasteiger partial charge in [0.2, 0.25) is 10.9 Å². The predicted octanol–water partition coefficient (Wildman–Crippen LogP) is 2.80. The van der Waals surface area contributed by atoms with Gasteiger partial charge in [-0.3, -0.25) is 9.59 Å². The lowest BCUT2D eigenvalue weighted by atomic mass is 10.1. The topological polar surface area (TPSA) is 103 Å². The first kappa shape index (κ1) is 19.7. The Hall–Kier alpha value is -3.07. The molecule has 2 heterocycles. The van der Waals surface area contributed by atoms with Gasteiger partial charge in [0.25, 0.3) is 5.56 Å². The number of fused-ring (bicyclic) bond motifs is 1. The first-order chi connectivity index (χ1) is 13.3. The third-order valence-corrected chi connectivity index (χ3v) is 4.59. The van der Waals surface area contributed by atoms with Gasteiger partial charge in [-0.2, -0.15) is 9.61 Å². The molecule has 0 atom stereocenters. The molecule has 0 fully saturated rings. The van der Waals surface area contributed by atoms with Crippen molar-refractivity contribution in [3.63, 3.8) is 0 Å². The number of anilines is 1. The lowest BCUT2D eigenvalue weighted by Crippen LogP contribution is -2.18. The van der Waals surface area contributed by atoms with Crippen LogP contribution in [0.25, 0.3) is 4.96 Å². The zero-order valence-electron chi connectivity index (χ0n) is 15.8. The maximum atomic E-state index is 12.5. The summed E-state index contributed by atoms with van der Waals surface area (Å²) < 4.78 is 6.52. The van der Waals surface area contributed by atoms with Gasteiger partial charge in [-0.1, -0.05) is 37.3 Å². The molecule has 0 spiro atoms. The average Bonchev–Trinajstić information content (AvgIpc) is 3.00. The van der Waals surface area contributed by atoms with Crippen molar-refractivity contribution in [2.45, 2.75) is 33.8 Å². The number of nitrogens with zero attached hydrogens (tertiary/aromatic N) is 3. The maximum absolute atomic E-state index is 12.5. The Labute approximate surface area is 165 Å². The molecule has 28 heavy (non-hydrogen) atoms. The summed E-state index contributed by atoms with van der Waals surface area (Å²) in [4.78, 5) is 41.3. The summed E-state index contributed by atoms with van der Waals surface area (Å²) in [6, 6.07) is 7.92. The third-order valence-electron chi connectivity index (χ3n) is 3.76. The molecule has 1 aromatic carbocycles. The van der Waals surface area contributed by atoms with Crippen LogP contribution in [-0.4, -0.2) is 26.5 Å². The van der Waals surface area contributed by atoms with Crippen LogP contribution in [0.15, 0.2) is 35.1 Å². The van der Waals surface area contributed by atoms with E-state index in [4.69, 9.17) is 4.74 Å². The SMILES string of the molecule is Cc1nn2c(=O)cc(COC(=O)c3ccccc3NC(=O)CC(C)C)nc2s1. The summed E-state index contributed by atoms with van der Waals surface area (Å²) in [7, 11) is 0. The van der Waals surface area contributed by atoms with E-state index in [-0.39, 0.29) is 29.6 Å². The minimum absolute atomic E-state index is 0.157. The molecule has 0 aliphatic heterocycles. The Morgan fingerprint density at radius 1 is 1.29 bits per heavy atom. The van der Waals surface area contributed by atoms with Crippen molar-refractivity contribution >= 4 is 33.9 Å². The summed E-state index contributed by atoms with van der Waals surface area (Å²) >= 11 is 1.28. The fraction of sp³-hybridized carbons (Fsp3) is 0.316. The van der Waals surface area contributed by atoms with E-state index in [9.17, 15) is 14.4 Å². The molecule has 3 aromatic rings. The number of hydrogen-bond acceptors (Lipinski definition) is 7. The molecular formula is C19H20N4O4S. The molecule has 8 nitrogen and oxygen atoms in total. The maximum Gasteiger partial charge on any atom is 0.340 e. The Morgan fingerprint density at radius 2 is 2.04 bits per heavy atom. The van der Waals surface area contributed by atoms with Crippen LogP contribution in [-0.2, 0) is 16.1 Å². The van der Waals surface area contributed by atoms with Gasteiger partial charge in [0.1, 0.15) is 11.6 Å². The number of aryl methyl sites for hydroxylation is 1. The summed E-state index contributed by atoms with van der Waals surface area (Å²) in [6.45, 7) is 5.51. The van der Waals surface area contributed by atoms with Crippen molar-refractivity contribution < 1.29 is 14.3 Å². The van der Waals surface area contributed by atoms with Crippen LogP contribution in [0.1, 0.15) is 41.3 Å². The van der Waals surface area contributed by atoms with Crippen molar-refractivity contribution in [3.05, 3.63) is 57.0 Å². The smallest absolute Gasteiger partial charge is 0.340 e. The number of hydrogen-bond donors (Lipinski definition) is 1. The van der Waals surface area contributed by atoms with Gasteiger partial charge >= 0.3 is 5.97 Å². The van der Waals surface area contributed by atoms with E-state index in [2.05, 4.69) is 15.4 Å². The monoisotopic (exact) mass is 400 g/mol. The van der Waals surface area contributed by atoms with Gasteiger partial charge in [-0.25, -0.2) is 9.78 Å². The minimum Gasteiger partial charge on any atom is -0.456 e. The van der Waals surface area contributed by atoms with E-state index in [1.807, 2.05) is 13.8 Å². The molecule has 0 aliphatic rings. The molecule has 1 amide bonds. The molecule has 2 aromatic heterocycles. The van der Waals surface area contributed by atoms with Gasteiger partial charge in [0.05, 0.1) is 16.9 Å². The number of benzene rings is 1. The molecule has 0 saturated carbocycles. The minimum atomic E-state index is -0.608. The summed E-state index contributed by atoms with van der Waals surface area (Å²) in [5.41, 5.74) is 0.635. The molecular weight excluding hydrogens is 380 g/mol. The van der Waals surface area contributed by atoms with Gasteiger partial charge in [-0.15, -0.1) is 0 Å². The second kappa shape index (κ2) is 8.30. The fourth-order valence-electron chi connectivity index (χ4n) is 2.59. The largest absolute Gasteiger partial charge is 0.456 e. The van der Waals surface area contributed by atoms with Crippen molar-refractivity contribution in [1.82, 2.24) is 14.6 Å². The van der Waals surface area contributed by atoms with Gasteiger partial charge < -0.3 is 10.1 Å². The number of aromatic nitrogens is 3. The van der Waals surface area contributed by atoms with Gasteiger partial charge in [-0.05, 0) is 25.0 Å². The Balaban J connectivity index is 1.73. The highest BCUT2D eigenvalue weighted by atomic mass is 32.1. The third kappa shape index (κ3) is 4.61. The lowest BCUT2D eigenvalue weighted by Gasteiger charge is -2.11. The second-order valence-electron chi connectivity index (χ2n) is 6.67. The highest BCUT2D eigenvalue weighted by Crippen LogP contribution is 2.18. The van der Waals surface area contributed by atoms with Crippen LogP contribution in [0, 0.1) is 12.8 Å². The van der Waals surface area contributed by atoms with E-state index in [1.165, 1.54) is 21.9 Å². The standard InChI is InChI=1S/C19H20N4O4S/c1-11(2)8-16(24)21-15-7-5-4-6-14(15)18(26)27-10-13-9-17(25)23-19(20-13)28-12(3)22-23/h4-7,9,11H,8,10H2,1-3H3,(H,21,24). The van der Waals surface area contributed by atoms with Crippen LogP contribution in [0.5, 0.6) is 0 Å². The zero-order valence-corrected chi connectivity index (χ0v) is 16.6. The summed E-state index contributed by atoms with van der Waals surface area (Å²) in [5, 5.41) is 7.52. The highest BCUT2D eigenvalue weighted by Gasteiger charge is 2.16. The van der Waals surface area contributed by atoms with Crippen LogP contribution >= 0.6 is 11.3 Å². The number of carbonyl (C=O) groups is 2. The molecule has 0 radical (unpaired) electrons. The van der Waals surface area contributed by atoms with Crippen molar-refractivity contribution in [1.29, 1.82) is 0 Å². The molecule has 1 N–H and O–H groups in total. The van der Waals surface area contributed by atoms with E-state index >= 15 is 0 Å². The molecule has 0 unspecified atom stereocenters. The van der Waals surface area contributed by atoms with Crippen LogP contribution in [0.2, 0.25) is 0 Å². The number of carbonyl (C=O) groups excluding carboxylic acids is 2. The van der Waals surface area contributed by atoms with E-state index in [0.717, 1.165) is 0 Å². The number of rotatable bonds is 6. The van der Waals surface area contributed by atoms with E-state index in [0.29, 0.717) is 27.8 Å². The lowest BCUT2D eigenvalue weighted by molar-refractivity contribution is -0.116. The molecule has 0 saturated heterocycles. The van der Waals surface area contributed by atoms with Crippen molar-refractivity contribution in [3.8, 4) is 0 Å². The fourth-order valence-corrected chi connectivity index (χ4v) is 3.35. The summed E-state index contributed by atoms with van der Waals surface area (Å²) in [5.74, 6) is -0.575. The summed E-state index contributed by atoms with van der Waals surface area (Å²) in [6.07, 6.45) is 0.353. The second-order valence-corrected chi connectivity index (χ2v) is 7.83. The predicted molar refractivity (Wildman–Crippen MR) is 106 cm³/mol. The van der Waals surface area contributed by atoms with Crippen molar-refractivity contribution in [2.75, 3.05) is 5.32 Å². The highest BCUT2D eigenvalue weighted by molar-refractivity contribution is 7.16. The van der Waals surface area contributed by atoms with Crippen LogP contribution in [0.3, 0.4) is 0 Å². The quantitative estimate of drug-likeness (QED) is 0.638. The normalized spacial score (nSPS) is 11.0.